The number of oxime groups is 1. The molecule has 31 heavy (non-hydrogen) atoms. The van der Waals surface area contributed by atoms with E-state index in [-0.39, 0.29) is 24.8 Å². The third-order valence-corrected chi connectivity index (χ3v) is 5.43. The average molecular weight is 437 g/mol. The molecule has 1 aliphatic rings. The number of amides is 1. The van der Waals surface area contributed by atoms with Crippen molar-refractivity contribution in [3.05, 3.63) is 106 Å². The van der Waals surface area contributed by atoms with Crippen LogP contribution in [-0.4, -0.2) is 29.2 Å². The standard InChI is InChI=1S/C25H22ClFN2O2/c1-17-9-11-19(12-10-17)24-14-21(31-28-24)16-29(15-18-5-4-6-20(26)13-18)25(30)22-7-2-3-8-23(22)27/h2-13,21H,14-16H2,1H3/t21-/m0/s1. The predicted octanol–water partition coefficient (Wildman–Crippen LogP) is 5.62. The van der Waals surface area contributed by atoms with E-state index in [2.05, 4.69) is 5.16 Å². The summed E-state index contributed by atoms with van der Waals surface area (Å²) in [5.41, 5.74) is 3.89. The van der Waals surface area contributed by atoms with Crippen LogP contribution in [0.2, 0.25) is 5.02 Å². The van der Waals surface area contributed by atoms with E-state index < -0.39 is 11.7 Å². The van der Waals surface area contributed by atoms with Gasteiger partial charge in [0.1, 0.15) is 5.82 Å². The van der Waals surface area contributed by atoms with Crippen LogP contribution in [0.3, 0.4) is 0 Å². The number of hydrogen-bond acceptors (Lipinski definition) is 3. The smallest absolute Gasteiger partial charge is 0.257 e. The lowest BCUT2D eigenvalue weighted by molar-refractivity contribution is 0.0402. The van der Waals surface area contributed by atoms with Crippen molar-refractivity contribution >= 4 is 23.2 Å². The van der Waals surface area contributed by atoms with E-state index in [0.717, 1.165) is 16.8 Å². The largest absolute Gasteiger partial charge is 0.390 e. The van der Waals surface area contributed by atoms with Crippen LogP contribution >= 0.6 is 11.6 Å². The van der Waals surface area contributed by atoms with Crippen LogP contribution in [0.4, 0.5) is 4.39 Å². The third-order valence-electron chi connectivity index (χ3n) is 5.20. The van der Waals surface area contributed by atoms with Crippen LogP contribution in [0.25, 0.3) is 0 Å². The molecule has 3 aromatic carbocycles. The second-order valence-electron chi connectivity index (χ2n) is 7.63. The van der Waals surface area contributed by atoms with Crippen LogP contribution in [0.5, 0.6) is 0 Å². The first-order valence-corrected chi connectivity index (χ1v) is 10.5. The molecule has 0 N–H and O–H groups in total. The average Bonchev–Trinajstić information content (AvgIpc) is 3.22. The number of hydrogen-bond donors (Lipinski definition) is 0. The molecule has 4 rings (SSSR count). The fourth-order valence-electron chi connectivity index (χ4n) is 3.57. The molecule has 0 saturated heterocycles. The second kappa shape index (κ2) is 9.31. The van der Waals surface area contributed by atoms with Gasteiger partial charge in [-0.25, -0.2) is 4.39 Å². The maximum Gasteiger partial charge on any atom is 0.257 e. The number of carbonyl (C=O) groups excluding carboxylic acids is 1. The summed E-state index contributed by atoms with van der Waals surface area (Å²) in [7, 11) is 0. The molecule has 0 aromatic heterocycles. The SMILES string of the molecule is Cc1ccc(C2=NO[C@H](CN(Cc3cccc(Cl)c3)C(=O)c3ccccc3F)C2)cc1. The molecule has 6 heteroatoms. The minimum absolute atomic E-state index is 0.0298. The highest BCUT2D eigenvalue weighted by molar-refractivity contribution is 6.30. The van der Waals surface area contributed by atoms with E-state index in [0.29, 0.717) is 11.4 Å². The molecule has 1 aliphatic heterocycles. The van der Waals surface area contributed by atoms with E-state index in [1.54, 1.807) is 29.2 Å². The number of rotatable bonds is 6. The van der Waals surface area contributed by atoms with Gasteiger partial charge in [-0.15, -0.1) is 0 Å². The molecule has 0 spiro atoms. The molecule has 0 bridgehead atoms. The van der Waals surface area contributed by atoms with Gasteiger partial charge in [-0.3, -0.25) is 4.79 Å². The van der Waals surface area contributed by atoms with Crippen molar-refractivity contribution in [2.45, 2.75) is 26.0 Å². The molecule has 3 aromatic rings. The molecule has 0 saturated carbocycles. The van der Waals surface area contributed by atoms with Gasteiger partial charge >= 0.3 is 0 Å². The van der Waals surface area contributed by atoms with Crippen LogP contribution in [0.15, 0.2) is 78.0 Å². The minimum atomic E-state index is -0.549. The predicted molar refractivity (Wildman–Crippen MR) is 120 cm³/mol. The van der Waals surface area contributed by atoms with Gasteiger partial charge in [0, 0.05) is 18.0 Å². The Kier molecular flexibility index (Phi) is 6.33. The minimum Gasteiger partial charge on any atom is -0.390 e. The number of aryl methyl sites for hydroxylation is 1. The lowest BCUT2D eigenvalue weighted by atomic mass is 10.0. The summed E-state index contributed by atoms with van der Waals surface area (Å²) in [6, 6.07) is 21.3. The highest BCUT2D eigenvalue weighted by Crippen LogP contribution is 2.21. The lowest BCUT2D eigenvalue weighted by Crippen LogP contribution is -2.37. The number of carbonyl (C=O) groups is 1. The quantitative estimate of drug-likeness (QED) is 0.503. The normalized spacial score (nSPS) is 15.3. The Morgan fingerprint density at radius 2 is 1.90 bits per heavy atom. The highest BCUT2D eigenvalue weighted by atomic mass is 35.5. The Bertz CT molecular complexity index is 1110. The van der Waals surface area contributed by atoms with Crippen LogP contribution in [-0.2, 0) is 11.4 Å². The molecule has 0 unspecified atom stereocenters. The van der Waals surface area contributed by atoms with Crippen molar-refractivity contribution < 1.29 is 14.0 Å². The van der Waals surface area contributed by atoms with Crippen molar-refractivity contribution in [1.29, 1.82) is 0 Å². The summed E-state index contributed by atoms with van der Waals surface area (Å²) in [5.74, 6) is -0.946. The monoisotopic (exact) mass is 436 g/mol. The maximum atomic E-state index is 14.3. The van der Waals surface area contributed by atoms with E-state index in [1.807, 2.05) is 43.3 Å². The zero-order valence-electron chi connectivity index (χ0n) is 17.1. The number of nitrogens with zero attached hydrogens (tertiary/aromatic N) is 2. The molecule has 158 valence electrons. The molecule has 4 nitrogen and oxygen atoms in total. The Morgan fingerprint density at radius 1 is 1.13 bits per heavy atom. The fraction of sp³-hybridized carbons (Fsp3) is 0.200. The Morgan fingerprint density at radius 3 is 2.65 bits per heavy atom. The first-order chi connectivity index (χ1) is 15.0. The van der Waals surface area contributed by atoms with E-state index in [4.69, 9.17) is 16.4 Å². The van der Waals surface area contributed by atoms with Gasteiger partial charge in [0.25, 0.3) is 5.91 Å². The fourth-order valence-corrected chi connectivity index (χ4v) is 3.78. The van der Waals surface area contributed by atoms with E-state index >= 15 is 0 Å². The van der Waals surface area contributed by atoms with Gasteiger partial charge in [0.2, 0.25) is 0 Å². The number of benzene rings is 3. The zero-order chi connectivity index (χ0) is 21.8. The van der Waals surface area contributed by atoms with Crippen molar-refractivity contribution in [2.75, 3.05) is 6.54 Å². The van der Waals surface area contributed by atoms with E-state index in [9.17, 15) is 9.18 Å². The van der Waals surface area contributed by atoms with Gasteiger partial charge in [0.05, 0.1) is 17.8 Å². The Labute approximate surface area is 185 Å². The summed E-state index contributed by atoms with van der Waals surface area (Å²) in [4.78, 5) is 20.4. The van der Waals surface area contributed by atoms with Gasteiger partial charge < -0.3 is 9.74 Å². The molecule has 0 fully saturated rings. The Balaban J connectivity index is 1.53. The first kappa shape index (κ1) is 21.1. The molecule has 0 aliphatic carbocycles. The molecular formula is C25H22ClFN2O2. The molecule has 1 amide bonds. The van der Waals surface area contributed by atoms with Gasteiger partial charge in [-0.05, 0) is 42.3 Å². The summed E-state index contributed by atoms with van der Waals surface area (Å²) in [5, 5.41) is 4.81. The lowest BCUT2D eigenvalue weighted by Gasteiger charge is -2.25. The summed E-state index contributed by atoms with van der Waals surface area (Å²) in [6.45, 7) is 2.59. The maximum absolute atomic E-state index is 14.3. The van der Waals surface area contributed by atoms with Crippen molar-refractivity contribution in [2.24, 2.45) is 5.16 Å². The van der Waals surface area contributed by atoms with E-state index in [1.165, 1.54) is 17.7 Å². The summed E-state index contributed by atoms with van der Waals surface area (Å²) in [6.07, 6.45) is 0.255. The second-order valence-corrected chi connectivity index (χ2v) is 8.07. The van der Waals surface area contributed by atoms with Gasteiger partial charge in [0.15, 0.2) is 6.10 Å². The number of halogens is 2. The van der Waals surface area contributed by atoms with Crippen LogP contribution in [0, 0.1) is 12.7 Å². The summed E-state index contributed by atoms with van der Waals surface area (Å²) < 4.78 is 14.3. The molecule has 0 radical (unpaired) electrons. The van der Waals surface area contributed by atoms with Crippen molar-refractivity contribution in [1.82, 2.24) is 4.90 Å². The zero-order valence-corrected chi connectivity index (χ0v) is 17.8. The van der Waals surface area contributed by atoms with Gasteiger partial charge in [-0.1, -0.05) is 70.9 Å². The van der Waals surface area contributed by atoms with Crippen LogP contribution in [0.1, 0.15) is 33.5 Å². The molecular weight excluding hydrogens is 415 g/mol. The van der Waals surface area contributed by atoms with Crippen molar-refractivity contribution in [3.63, 3.8) is 0 Å². The topological polar surface area (TPSA) is 41.9 Å². The summed E-state index contributed by atoms with van der Waals surface area (Å²) >= 11 is 6.11. The molecule has 1 atom stereocenters. The van der Waals surface area contributed by atoms with Gasteiger partial charge in [-0.2, -0.15) is 0 Å². The highest BCUT2D eigenvalue weighted by Gasteiger charge is 2.28. The van der Waals surface area contributed by atoms with Crippen LogP contribution < -0.4 is 0 Å². The first-order valence-electron chi connectivity index (χ1n) is 10.1. The third kappa shape index (κ3) is 5.12. The molecule has 1 heterocycles. The van der Waals surface area contributed by atoms with Crippen molar-refractivity contribution in [3.8, 4) is 0 Å². The Hall–Kier alpha value is -3.18.